The van der Waals surface area contributed by atoms with Crippen molar-refractivity contribution in [1.82, 2.24) is 15.3 Å². The van der Waals surface area contributed by atoms with Crippen LogP contribution in [0, 0.1) is 5.92 Å². The van der Waals surface area contributed by atoms with Crippen LogP contribution in [0.1, 0.15) is 25.3 Å². The number of benzene rings is 2. The summed E-state index contributed by atoms with van der Waals surface area (Å²) in [6.07, 6.45) is 1.81. The lowest BCUT2D eigenvalue weighted by Crippen LogP contribution is -2.43. The van der Waals surface area contributed by atoms with E-state index in [0.717, 1.165) is 41.8 Å². The van der Waals surface area contributed by atoms with E-state index in [9.17, 15) is 4.79 Å². The van der Waals surface area contributed by atoms with Gasteiger partial charge in [-0.05, 0) is 37.5 Å². The molecule has 1 amide bonds. The van der Waals surface area contributed by atoms with E-state index in [4.69, 9.17) is 9.72 Å². The van der Waals surface area contributed by atoms with Crippen LogP contribution >= 0.6 is 0 Å². The summed E-state index contributed by atoms with van der Waals surface area (Å²) in [4.78, 5) is 24.4. The summed E-state index contributed by atoms with van der Waals surface area (Å²) in [5.74, 6) is 1.28. The van der Waals surface area contributed by atoms with Crippen molar-refractivity contribution in [1.29, 1.82) is 0 Å². The molecule has 1 aliphatic heterocycles. The lowest BCUT2D eigenvalue weighted by molar-refractivity contribution is -0.125. The molecular formula is C23H26N4O2. The lowest BCUT2D eigenvalue weighted by atomic mass is 9.97. The third kappa shape index (κ3) is 4.47. The smallest absolute Gasteiger partial charge is 0.258 e. The number of nitrogens with one attached hydrogen (secondary N) is 1. The predicted molar refractivity (Wildman–Crippen MR) is 114 cm³/mol. The van der Waals surface area contributed by atoms with E-state index in [2.05, 4.69) is 15.2 Å². The Morgan fingerprint density at radius 2 is 1.83 bits per heavy atom. The zero-order valence-electron chi connectivity index (χ0n) is 16.7. The first-order valence-corrected chi connectivity index (χ1v) is 10.2. The SMILES string of the molecule is CCOc1nc2ccccc2nc1N1CCCC(C(=O)NCc2ccccc2)C1. The van der Waals surface area contributed by atoms with E-state index < -0.39 is 0 Å². The maximum Gasteiger partial charge on any atom is 0.258 e. The molecule has 0 aliphatic carbocycles. The van der Waals surface area contributed by atoms with Gasteiger partial charge < -0.3 is 15.0 Å². The Morgan fingerprint density at radius 3 is 2.59 bits per heavy atom. The topological polar surface area (TPSA) is 67.4 Å². The van der Waals surface area contributed by atoms with Gasteiger partial charge in [0.25, 0.3) is 5.88 Å². The number of nitrogens with zero attached hydrogens (tertiary/aromatic N) is 3. The average molecular weight is 390 g/mol. The minimum absolute atomic E-state index is 0.0739. The van der Waals surface area contributed by atoms with Gasteiger partial charge >= 0.3 is 0 Å². The van der Waals surface area contributed by atoms with E-state index in [0.29, 0.717) is 25.6 Å². The van der Waals surface area contributed by atoms with Crippen LogP contribution < -0.4 is 15.0 Å². The zero-order chi connectivity index (χ0) is 20.1. The number of aromatic nitrogens is 2. The zero-order valence-corrected chi connectivity index (χ0v) is 16.7. The molecule has 0 saturated carbocycles. The Morgan fingerprint density at radius 1 is 1.10 bits per heavy atom. The standard InChI is InChI=1S/C23H26N4O2/c1-2-29-23-21(25-19-12-6-7-13-20(19)26-23)27-14-8-11-18(16-27)22(28)24-15-17-9-4-3-5-10-17/h3-7,9-10,12-13,18H,2,8,11,14-16H2,1H3,(H,24,28). The van der Waals surface area contributed by atoms with Crippen LogP contribution in [-0.4, -0.2) is 35.6 Å². The molecule has 1 atom stereocenters. The average Bonchev–Trinajstić information content (AvgIpc) is 2.78. The summed E-state index contributed by atoms with van der Waals surface area (Å²) in [5, 5.41) is 3.08. The van der Waals surface area contributed by atoms with Crippen molar-refractivity contribution >= 4 is 22.8 Å². The van der Waals surface area contributed by atoms with Gasteiger partial charge in [-0.1, -0.05) is 42.5 Å². The molecule has 1 fully saturated rings. The normalized spacial score (nSPS) is 16.6. The van der Waals surface area contributed by atoms with E-state index in [1.54, 1.807) is 0 Å². The summed E-state index contributed by atoms with van der Waals surface area (Å²) in [6, 6.07) is 17.8. The maximum atomic E-state index is 12.8. The van der Waals surface area contributed by atoms with Gasteiger partial charge in [-0.25, -0.2) is 9.97 Å². The number of rotatable bonds is 6. The van der Waals surface area contributed by atoms with E-state index in [-0.39, 0.29) is 11.8 Å². The van der Waals surface area contributed by atoms with Crippen LogP contribution in [0.25, 0.3) is 11.0 Å². The summed E-state index contributed by atoms with van der Waals surface area (Å²) < 4.78 is 5.78. The van der Waals surface area contributed by atoms with Crippen LogP contribution in [0.3, 0.4) is 0 Å². The Labute approximate surface area is 170 Å². The second-order valence-electron chi connectivity index (χ2n) is 7.26. The summed E-state index contributed by atoms with van der Waals surface area (Å²) in [6.45, 7) is 4.48. The number of fused-ring (bicyclic) bond motifs is 1. The van der Waals surface area contributed by atoms with E-state index >= 15 is 0 Å². The van der Waals surface area contributed by atoms with Crippen LogP contribution in [0.5, 0.6) is 5.88 Å². The largest absolute Gasteiger partial charge is 0.475 e. The van der Waals surface area contributed by atoms with Crippen LogP contribution in [0.15, 0.2) is 54.6 Å². The van der Waals surface area contributed by atoms with Crippen LogP contribution in [0.2, 0.25) is 0 Å². The molecule has 0 spiro atoms. The van der Waals surface area contributed by atoms with Crippen LogP contribution in [-0.2, 0) is 11.3 Å². The van der Waals surface area contributed by atoms with Crippen molar-refractivity contribution in [2.24, 2.45) is 5.92 Å². The van der Waals surface area contributed by atoms with Crippen molar-refractivity contribution in [3.63, 3.8) is 0 Å². The van der Waals surface area contributed by atoms with Crippen molar-refractivity contribution in [3.8, 4) is 5.88 Å². The number of hydrogen-bond acceptors (Lipinski definition) is 5. The number of anilines is 1. The highest BCUT2D eigenvalue weighted by atomic mass is 16.5. The van der Waals surface area contributed by atoms with Crippen molar-refractivity contribution in [2.45, 2.75) is 26.3 Å². The quantitative estimate of drug-likeness (QED) is 0.697. The minimum Gasteiger partial charge on any atom is -0.475 e. The van der Waals surface area contributed by atoms with Crippen molar-refractivity contribution in [2.75, 3.05) is 24.6 Å². The first kappa shape index (κ1) is 19.2. The summed E-state index contributed by atoms with van der Waals surface area (Å²) in [7, 11) is 0. The molecule has 0 bridgehead atoms. The lowest BCUT2D eigenvalue weighted by Gasteiger charge is -2.33. The third-order valence-electron chi connectivity index (χ3n) is 5.20. The number of carbonyl (C=O) groups excluding carboxylic acids is 1. The fourth-order valence-electron chi connectivity index (χ4n) is 3.73. The second kappa shape index (κ2) is 8.90. The van der Waals surface area contributed by atoms with Gasteiger partial charge in [0.15, 0.2) is 5.82 Å². The molecule has 1 saturated heterocycles. The molecule has 6 nitrogen and oxygen atoms in total. The van der Waals surface area contributed by atoms with Gasteiger partial charge in [0, 0.05) is 19.6 Å². The molecule has 1 aromatic heterocycles. The molecule has 150 valence electrons. The number of carbonyl (C=O) groups is 1. The second-order valence-corrected chi connectivity index (χ2v) is 7.26. The third-order valence-corrected chi connectivity index (χ3v) is 5.20. The molecule has 29 heavy (non-hydrogen) atoms. The highest BCUT2D eigenvalue weighted by Gasteiger charge is 2.28. The summed E-state index contributed by atoms with van der Waals surface area (Å²) in [5.41, 5.74) is 2.75. The number of hydrogen-bond donors (Lipinski definition) is 1. The van der Waals surface area contributed by atoms with Crippen molar-refractivity contribution < 1.29 is 9.53 Å². The first-order valence-electron chi connectivity index (χ1n) is 10.2. The summed E-state index contributed by atoms with van der Waals surface area (Å²) >= 11 is 0. The Bertz CT molecular complexity index is 977. The molecule has 4 rings (SSSR count). The molecule has 1 unspecified atom stereocenters. The van der Waals surface area contributed by atoms with Gasteiger partial charge in [0.2, 0.25) is 5.91 Å². The molecule has 6 heteroatoms. The molecule has 1 aliphatic rings. The monoisotopic (exact) mass is 390 g/mol. The fraction of sp³-hybridized carbons (Fsp3) is 0.348. The van der Waals surface area contributed by atoms with Gasteiger partial charge in [-0.15, -0.1) is 0 Å². The Hall–Kier alpha value is -3.15. The first-order chi connectivity index (χ1) is 14.2. The Kier molecular flexibility index (Phi) is 5.89. The highest BCUT2D eigenvalue weighted by Crippen LogP contribution is 2.30. The number of amides is 1. The van der Waals surface area contributed by atoms with Crippen LogP contribution in [0.4, 0.5) is 5.82 Å². The molecule has 0 radical (unpaired) electrons. The number of piperidine rings is 1. The van der Waals surface area contributed by atoms with Gasteiger partial charge in [0.05, 0.1) is 23.6 Å². The fourth-order valence-corrected chi connectivity index (χ4v) is 3.73. The molecule has 2 aromatic carbocycles. The molecule has 3 aromatic rings. The molecule has 1 N–H and O–H groups in total. The molecule has 2 heterocycles. The highest BCUT2D eigenvalue weighted by molar-refractivity contribution is 5.80. The number of para-hydroxylation sites is 2. The van der Waals surface area contributed by atoms with E-state index in [1.807, 2.05) is 61.5 Å². The number of ether oxygens (including phenoxy) is 1. The minimum atomic E-state index is -0.0739. The molecular weight excluding hydrogens is 364 g/mol. The van der Waals surface area contributed by atoms with Gasteiger partial charge in [0.1, 0.15) is 0 Å². The van der Waals surface area contributed by atoms with E-state index in [1.165, 1.54) is 0 Å². The van der Waals surface area contributed by atoms with Crippen molar-refractivity contribution in [3.05, 3.63) is 60.2 Å². The predicted octanol–water partition coefficient (Wildman–Crippen LogP) is 3.56. The maximum absolute atomic E-state index is 12.8. The van der Waals surface area contributed by atoms with Gasteiger partial charge in [-0.3, -0.25) is 4.79 Å². The Balaban J connectivity index is 1.50. The van der Waals surface area contributed by atoms with Gasteiger partial charge in [-0.2, -0.15) is 0 Å².